The number of nitrogens with two attached hydrogens (primary N) is 1. The van der Waals surface area contributed by atoms with Crippen molar-refractivity contribution in [1.82, 2.24) is 9.55 Å². The van der Waals surface area contributed by atoms with Gasteiger partial charge in [0.1, 0.15) is 11.9 Å². The number of ether oxygens (including phenoxy) is 1. The monoisotopic (exact) mass is 465 g/mol. The Morgan fingerprint density at radius 2 is 1.94 bits per heavy atom. The fourth-order valence-electron chi connectivity index (χ4n) is 3.65. The predicted molar refractivity (Wildman–Crippen MR) is 109 cm³/mol. The van der Waals surface area contributed by atoms with E-state index in [0.717, 1.165) is 25.5 Å². The third kappa shape index (κ3) is 5.90. The summed E-state index contributed by atoms with van der Waals surface area (Å²) in [5, 5.41) is 0. The summed E-state index contributed by atoms with van der Waals surface area (Å²) in [6.45, 7) is 1.85. The minimum Gasteiger partial charge on any atom is -0.383 e. The molecule has 4 atom stereocenters. The maximum absolute atomic E-state index is 15.0. The van der Waals surface area contributed by atoms with Gasteiger partial charge < -0.3 is 10.5 Å². The highest BCUT2D eigenvalue weighted by Gasteiger charge is 2.65. The highest BCUT2D eigenvalue weighted by molar-refractivity contribution is 7.48. The molecule has 1 aromatic heterocycles. The van der Waals surface area contributed by atoms with Crippen LogP contribution in [-0.4, -0.2) is 40.9 Å². The van der Waals surface area contributed by atoms with E-state index in [9.17, 15) is 18.1 Å². The van der Waals surface area contributed by atoms with Crippen LogP contribution in [0.15, 0.2) is 17.1 Å². The van der Waals surface area contributed by atoms with Crippen molar-refractivity contribution in [3.8, 4) is 0 Å². The number of alkyl halides is 2. The van der Waals surface area contributed by atoms with E-state index >= 15 is 0 Å². The zero-order valence-corrected chi connectivity index (χ0v) is 18.5. The number of fused-ring (bicyclic) bond motifs is 1. The van der Waals surface area contributed by atoms with Crippen LogP contribution in [0.5, 0.6) is 0 Å². The van der Waals surface area contributed by atoms with Crippen LogP contribution in [0.1, 0.15) is 64.5 Å². The second kappa shape index (κ2) is 10.5. The second-order valence-corrected chi connectivity index (χ2v) is 9.44. The van der Waals surface area contributed by atoms with E-state index in [0.29, 0.717) is 11.0 Å². The predicted octanol–water partition coefficient (Wildman–Crippen LogP) is 4.04. The van der Waals surface area contributed by atoms with Gasteiger partial charge in [-0.2, -0.15) is 13.8 Å². The third-order valence-electron chi connectivity index (χ3n) is 5.34. The zero-order valence-electron chi connectivity index (χ0n) is 17.6. The fraction of sp³-hybridized carbons (Fsp3) is 0.789. The smallest absolute Gasteiger partial charge is 0.383 e. The molecule has 1 unspecified atom stereocenters. The molecule has 12 heteroatoms. The Balaban J connectivity index is 1.51. The van der Waals surface area contributed by atoms with Crippen LogP contribution in [0.25, 0.3) is 0 Å². The number of unbranched alkanes of at least 4 members (excludes halogenated alkanes) is 7. The van der Waals surface area contributed by atoms with Crippen molar-refractivity contribution >= 4 is 13.6 Å². The Hall–Kier alpha value is -1.39. The maximum Gasteiger partial charge on any atom is 0.475 e. The number of hydrogen-bond acceptors (Lipinski definition) is 8. The SMILES string of the molecule is CCCCCCCCCCOP1(=O)OC[C@H]2O[C@@H](n3ccc(N)nc3=O)C(F)(F)[C@@H]2O1. The Labute approximate surface area is 179 Å². The first kappa shape index (κ1) is 24.3. The number of phosphoric acid groups is 1. The van der Waals surface area contributed by atoms with Crippen molar-refractivity contribution in [2.45, 2.75) is 82.6 Å². The van der Waals surface area contributed by atoms with Crippen molar-refractivity contribution in [3.05, 3.63) is 22.7 Å². The van der Waals surface area contributed by atoms with E-state index < -0.39 is 44.5 Å². The lowest BCUT2D eigenvalue weighted by Crippen LogP contribution is -2.45. The summed E-state index contributed by atoms with van der Waals surface area (Å²) in [7, 11) is -4.15. The molecule has 0 saturated carbocycles. The molecule has 2 N–H and O–H groups in total. The summed E-state index contributed by atoms with van der Waals surface area (Å²) in [5.74, 6) is -3.76. The number of nitrogen functional groups attached to an aromatic ring is 1. The van der Waals surface area contributed by atoms with E-state index in [4.69, 9.17) is 24.0 Å². The van der Waals surface area contributed by atoms with Gasteiger partial charge in [-0.05, 0) is 12.5 Å². The molecule has 0 amide bonds. The Bertz CT molecular complexity index is 839. The van der Waals surface area contributed by atoms with Gasteiger partial charge in [0, 0.05) is 6.20 Å². The highest BCUT2D eigenvalue weighted by atomic mass is 31.2. The molecule has 0 spiro atoms. The van der Waals surface area contributed by atoms with E-state index in [1.807, 2.05) is 0 Å². The quantitative estimate of drug-likeness (QED) is 0.385. The molecule has 3 heterocycles. The second-order valence-electron chi connectivity index (χ2n) is 7.82. The van der Waals surface area contributed by atoms with Gasteiger partial charge in [-0.25, -0.2) is 9.36 Å². The van der Waals surface area contributed by atoms with Crippen molar-refractivity contribution in [2.24, 2.45) is 0 Å². The molecule has 3 rings (SSSR count). The van der Waals surface area contributed by atoms with Crippen molar-refractivity contribution in [3.63, 3.8) is 0 Å². The van der Waals surface area contributed by atoms with Crippen LogP contribution in [-0.2, 0) is 22.9 Å². The van der Waals surface area contributed by atoms with Crippen LogP contribution in [0.2, 0.25) is 0 Å². The van der Waals surface area contributed by atoms with Crippen LogP contribution >= 0.6 is 7.82 Å². The van der Waals surface area contributed by atoms with Crippen LogP contribution < -0.4 is 11.4 Å². The first-order valence-corrected chi connectivity index (χ1v) is 12.2. The van der Waals surface area contributed by atoms with Gasteiger partial charge in [0.05, 0.1) is 13.2 Å². The van der Waals surface area contributed by atoms with Crippen molar-refractivity contribution in [1.29, 1.82) is 0 Å². The molecule has 2 aliphatic rings. The molecule has 0 radical (unpaired) electrons. The number of phosphoric ester groups is 1. The van der Waals surface area contributed by atoms with E-state index in [2.05, 4.69) is 11.9 Å². The summed E-state index contributed by atoms with van der Waals surface area (Å²) in [6.07, 6.45) is 4.51. The first-order valence-electron chi connectivity index (χ1n) is 10.7. The molecule has 0 aliphatic carbocycles. The largest absolute Gasteiger partial charge is 0.475 e. The maximum atomic E-state index is 15.0. The molecular formula is C19H30F2N3O6P. The Morgan fingerprint density at radius 3 is 2.61 bits per heavy atom. The number of hydrogen-bond donors (Lipinski definition) is 1. The third-order valence-corrected chi connectivity index (χ3v) is 6.79. The lowest BCUT2D eigenvalue weighted by Gasteiger charge is -2.31. The van der Waals surface area contributed by atoms with E-state index in [1.165, 1.54) is 31.7 Å². The van der Waals surface area contributed by atoms with Gasteiger partial charge in [-0.1, -0.05) is 51.9 Å². The topological polar surface area (TPSA) is 115 Å². The summed E-state index contributed by atoms with van der Waals surface area (Å²) in [4.78, 5) is 15.4. The molecule has 9 nitrogen and oxygen atoms in total. The zero-order chi connectivity index (χ0) is 22.5. The molecule has 2 saturated heterocycles. The molecule has 176 valence electrons. The number of anilines is 1. The molecule has 2 aliphatic heterocycles. The molecule has 0 bridgehead atoms. The highest BCUT2D eigenvalue weighted by Crippen LogP contribution is 2.59. The van der Waals surface area contributed by atoms with E-state index in [-0.39, 0.29) is 12.4 Å². The van der Waals surface area contributed by atoms with E-state index in [1.54, 1.807) is 0 Å². The minimum atomic E-state index is -4.15. The summed E-state index contributed by atoms with van der Waals surface area (Å²) in [5.41, 5.74) is 4.41. The van der Waals surface area contributed by atoms with Gasteiger partial charge in [0.2, 0.25) is 6.23 Å². The summed E-state index contributed by atoms with van der Waals surface area (Å²) < 4.78 is 63.9. The molecule has 2 fully saturated rings. The number of nitrogens with zero attached hydrogens (tertiary/aromatic N) is 2. The van der Waals surface area contributed by atoms with Gasteiger partial charge in [0.25, 0.3) is 0 Å². The standard InChI is InChI=1S/C19H30F2N3O6P/c1-2-3-4-5-6-7-8-9-12-27-31(26)28-13-14-16(30-31)19(20,21)17(29-14)24-11-10-15(22)23-18(24)25/h10-11,14,16-17H,2-9,12-13H2,1H3,(H2,22,23,25)/t14-,16-,17-,31?/m1/s1. The minimum absolute atomic E-state index is 0.0841. The van der Waals surface area contributed by atoms with Gasteiger partial charge in [0.15, 0.2) is 6.10 Å². The average molecular weight is 465 g/mol. The summed E-state index contributed by atoms with van der Waals surface area (Å²) in [6, 6.07) is 1.21. The molecular weight excluding hydrogens is 435 g/mol. The molecule has 31 heavy (non-hydrogen) atoms. The molecule has 0 aromatic carbocycles. The van der Waals surface area contributed by atoms with Crippen LogP contribution in [0.3, 0.4) is 0 Å². The number of aromatic nitrogens is 2. The lowest BCUT2D eigenvalue weighted by atomic mass is 10.1. The Morgan fingerprint density at radius 1 is 1.26 bits per heavy atom. The Kier molecular flexibility index (Phi) is 8.20. The number of halogens is 2. The lowest BCUT2D eigenvalue weighted by molar-refractivity contribution is -0.138. The van der Waals surface area contributed by atoms with Crippen LogP contribution in [0.4, 0.5) is 14.6 Å². The first-order chi connectivity index (χ1) is 14.8. The van der Waals surface area contributed by atoms with Gasteiger partial charge >= 0.3 is 19.4 Å². The van der Waals surface area contributed by atoms with Crippen molar-refractivity contribution in [2.75, 3.05) is 18.9 Å². The molecule has 1 aromatic rings. The average Bonchev–Trinajstić information content (AvgIpc) is 2.97. The fourth-order valence-corrected chi connectivity index (χ4v) is 5.08. The van der Waals surface area contributed by atoms with Crippen molar-refractivity contribution < 1.29 is 31.7 Å². The summed E-state index contributed by atoms with van der Waals surface area (Å²) >= 11 is 0. The normalized spacial score (nSPS) is 29.7. The van der Waals surface area contributed by atoms with Gasteiger partial charge in [-0.3, -0.25) is 18.1 Å². The van der Waals surface area contributed by atoms with Crippen LogP contribution in [0, 0.1) is 0 Å². The number of rotatable bonds is 11. The van der Waals surface area contributed by atoms with Gasteiger partial charge in [-0.15, -0.1) is 0 Å².